The van der Waals surface area contributed by atoms with Gasteiger partial charge in [-0.1, -0.05) is 6.42 Å². The molecule has 0 aromatic carbocycles. The fourth-order valence-electron chi connectivity index (χ4n) is 3.28. The summed E-state index contributed by atoms with van der Waals surface area (Å²) < 4.78 is 0. The summed E-state index contributed by atoms with van der Waals surface area (Å²) in [5.41, 5.74) is 5.68. The summed E-state index contributed by atoms with van der Waals surface area (Å²) in [4.78, 5) is 8.33. The summed E-state index contributed by atoms with van der Waals surface area (Å²) in [5, 5.41) is 6.51. The minimum atomic E-state index is 0.322. The number of nitrogens with two attached hydrogens (primary N) is 1. The molecule has 4 N–H and O–H groups in total. The van der Waals surface area contributed by atoms with Gasteiger partial charge in [0.15, 0.2) is 0 Å². The minimum absolute atomic E-state index is 0.322. The quantitative estimate of drug-likeness (QED) is 0.741. The van der Waals surface area contributed by atoms with Gasteiger partial charge >= 0.3 is 0 Å². The van der Waals surface area contributed by atoms with E-state index in [-0.39, 0.29) is 0 Å². The van der Waals surface area contributed by atoms with Crippen molar-refractivity contribution in [3.8, 4) is 0 Å². The summed E-state index contributed by atoms with van der Waals surface area (Å²) in [7, 11) is 1.84. The topological polar surface area (TPSA) is 75.9 Å². The molecule has 3 unspecified atom stereocenters. The van der Waals surface area contributed by atoms with E-state index in [0.29, 0.717) is 12.0 Å². The van der Waals surface area contributed by atoms with Crippen LogP contribution in [0.4, 0.5) is 17.6 Å². The maximum absolute atomic E-state index is 5.68. The molecule has 0 saturated heterocycles. The second-order valence-corrected chi connectivity index (χ2v) is 5.17. The van der Waals surface area contributed by atoms with E-state index in [9.17, 15) is 0 Å². The predicted octanol–water partition coefficient (Wildman–Crippen LogP) is 1.70. The van der Waals surface area contributed by atoms with E-state index in [1.807, 2.05) is 13.1 Å². The molecule has 92 valence electrons. The van der Waals surface area contributed by atoms with Crippen LogP contribution < -0.4 is 16.4 Å². The van der Waals surface area contributed by atoms with E-state index >= 15 is 0 Å². The number of nitrogens with zero attached hydrogens (tertiary/aromatic N) is 2. The molecule has 0 aliphatic heterocycles. The van der Waals surface area contributed by atoms with E-state index in [1.165, 1.54) is 25.7 Å². The molecule has 0 spiro atoms. The summed E-state index contributed by atoms with van der Waals surface area (Å²) in [6.07, 6.45) is 5.44. The number of nitrogens with one attached hydrogen (secondary N) is 2. The van der Waals surface area contributed by atoms with Crippen LogP contribution in [-0.4, -0.2) is 23.1 Å². The van der Waals surface area contributed by atoms with E-state index in [0.717, 1.165) is 23.5 Å². The Labute approximate surface area is 101 Å². The monoisotopic (exact) mass is 233 g/mol. The molecule has 5 heteroatoms. The highest BCUT2D eigenvalue weighted by Crippen LogP contribution is 2.45. The molecule has 2 bridgehead atoms. The second kappa shape index (κ2) is 4.05. The van der Waals surface area contributed by atoms with Gasteiger partial charge in [0.25, 0.3) is 0 Å². The fraction of sp³-hybridized carbons (Fsp3) is 0.667. The Morgan fingerprint density at radius 1 is 1.24 bits per heavy atom. The lowest BCUT2D eigenvalue weighted by Crippen LogP contribution is -2.26. The second-order valence-electron chi connectivity index (χ2n) is 5.17. The lowest BCUT2D eigenvalue weighted by Gasteiger charge is -2.23. The molecule has 0 amide bonds. The van der Waals surface area contributed by atoms with Gasteiger partial charge in [-0.25, -0.2) is 0 Å². The van der Waals surface area contributed by atoms with Crippen molar-refractivity contribution in [2.24, 2.45) is 11.8 Å². The summed E-state index contributed by atoms with van der Waals surface area (Å²) in [5.74, 6) is 3.69. The Balaban J connectivity index is 1.74. The molecule has 2 fully saturated rings. The molecule has 3 rings (SSSR count). The molecule has 2 aliphatic rings. The zero-order chi connectivity index (χ0) is 11.8. The first-order valence-corrected chi connectivity index (χ1v) is 6.33. The zero-order valence-corrected chi connectivity index (χ0v) is 10.1. The Bertz CT molecular complexity index is 419. The van der Waals surface area contributed by atoms with Crippen LogP contribution in [0.15, 0.2) is 6.07 Å². The maximum atomic E-state index is 5.68. The Hall–Kier alpha value is -1.52. The third-order valence-electron chi connectivity index (χ3n) is 4.07. The van der Waals surface area contributed by atoms with Crippen molar-refractivity contribution in [1.29, 1.82) is 0 Å². The third-order valence-corrected chi connectivity index (χ3v) is 4.07. The molecule has 1 heterocycles. The summed E-state index contributed by atoms with van der Waals surface area (Å²) >= 11 is 0. The lowest BCUT2D eigenvalue weighted by molar-refractivity contribution is 0.439. The predicted molar refractivity (Wildman–Crippen MR) is 68.8 cm³/mol. The number of hydrogen-bond donors (Lipinski definition) is 3. The number of rotatable bonds is 3. The van der Waals surface area contributed by atoms with Crippen LogP contribution in [0.5, 0.6) is 0 Å². The number of nitrogen functional groups attached to an aromatic ring is 1. The minimum Gasteiger partial charge on any atom is -0.373 e. The zero-order valence-electron chi connectivity index (χ0n) is 10.1. The largest absolute Gasteiger partial charge is 0.373 e. The van der Waals surface area contributed by atoms with Crippen LogP contribution >= 0.6 is 0 Å². The van der Waals surface area contributed by atoms with Crippen molar-refractivity contribution < 1.29 is 0 Å². The molecule has 5 nitrogen and oxygen atoms in total. The maximum Gasteiger partial charge on any atom is 0.223 e. The van der Waals surface area contributed by atoms with Crippen LogP contribution in [0.2, 0.25) is 0 Å². The first kappa shape index (κ1) is 10.6. The first-order chi connectivity index (χ1) is 8.24. The molecule has 1 aromatic rings. The Morgan fingerprint density at radius 2 is 2.06 bits per heavy atom. The molecule has 2 saturated carbocycles. The lowest BCUT2D eigenvalue weighted by atomic mass is 9.95. The molecule has 3 atom stereocenters. The fourth-order valence-corrected chi connectivity index (χ4v) is 3.28. The van der Waals surface area contributed by atoms with Gasteiger partial charge in [0.05, 0.1) is 0 Å². The molecule has 0 radical (unpaired) electrons. The summed E-state index contributed by atoms with van der Waals surface area (Å²) in [6.45, 7) is 0. The van der Waals surface area contributed by atoms with Gasteiger partial charge < -0.3 is 16.4 Å². The molecule has 17 heavy (non-hydrogen) atoms. The number of aromatic nitrogens is 2. The van der Waals surface area contributed by atoms with Crippen molar-refractivity contribution in [1.82, 2.24) is 9.97 Å². The van der Waals surface area contributed by atoms with Crippen LogP contribution in [0, 0.1) is 11.8 Å². The average molecular weight is 233 g/mol. The first-order valence-electron chi connectivity index (χ1n) is 6.33. The van der Waals surface area contributed by atoms with Gasteiger partial charge in [0.1, 0.15) is 11.6 Å². The van der Waals surface area contributed by atoms with Crippen molar-refractivity contribution in [2.45, 2.75) is 31.7 Å². The molecular weight excluding hydrogens is 214 g/mol. The van der Waals surface area contributed by atoms with E-state index < -0.39 is 0 Å². The van der Waals surface area contributed by atoms with Gasteiger partial charge in [-0.15, -0.1) is 0 Å². The smallest absolute Gasteiger partial charge is 0.223 e. The number of fused-ring (bicyclic) bond motifs is 2. The van der Waals surface area contributed by atoms with E-state index in [4.69, 9.17) is 5.73 Å². The normalized spacial score (nSPS) is 30.5. The number of hydrogen-bond acceptors (Lipinski definition) is 5. The standard InChI is InChI=1S/C12H19N5/c1-14-10-6-11(17-12(13)16-10)15-9-5-7-2-3-8(9)4-7/h6-9H,2-5H2,1H3,(H4,13,14,15,16,17). The SMILES string of the molecule is CNc1cc(NC2CC3CCC2C3)nc(N)n1. The van der Waals surface area contributed by atoms with Crippen LogP contribution in [0.3, 0.4) is 0 Å². The van der Waals surface area contributed by atoms with E-state index in [1.54, 1.807) is 0 Å². The van der Waals surface area contributed by atoms with Gasteiger partial charge in [-0.05, 0) is 31.1 Å². The van der Waals surface area contributed by atoms with E-state index in [2.05, 4.69) is 20.6 Å². The van der Waals surface area contributed by atoms with Gasteiger partial charge in [-0.3, -0.25) is 0 Å². The van der Waals surface area contributed by atoms with Gasteiger partial charge in [-0.2, -0.15) is 9.97 Å². The highest BCUT2D eigenvalue weighted by atomic mass is 15.1. The van der Waals surface area contributed by atoms with Crippen molar-refractivity contribution in [3.05, 3.63) is 6.07 Å². The summed E-state index contributed by atoms with van der Waals surface area (Å²) in [6, 6.07) is 2.50. The highest BCUT2D eigenvalue weighted by molar-refractivity contribution is 5.51. The van der Waals surface area contributed by atoms with Gasteiger partial charge in [0.2, 0.25) is 5.95 Å². The Kier molecular flexibility index (Phi) is 2.53. The third kappa shape index (κ3) is 2.01. The van der Waals surface area contributed by atoms with Crippen molar-refractivity contribution in [3.63, 3.8) is 0 Å². The molecular formula is C12H19N5. The highest BCUT2D eigenvalue weighted by Gasteiger charge is 2.39. The van der Waals surface area contributed by atoms with Crippen molar-refractivity contribution in [2.75, 3.05) is 23.4 Å². The number of anilines is 3. The molecule has 2 aliphatic carbocycles. The van der Waals surface area contributed by atoms with Crippen LogP contribution in [0.25, 0.3) is 0 Å². The van der Waals surface area contributed by atoms with Crippen molar-refractivity contribution >= 4 is 17.6 Å². The van der Waals surface area contributed by atoms with Crippen LogP contribution in [0.1, 0.15) is 25.7 Å². The average Bonchev–Trinajstić information content (AvgIpc) is 2.90. The Morgan fingerprint density at radius 3 is 2.71 bits per heavy atom. The van der Waals surface area contributed by atoms with Gasteiger partial charge in [0, 0.05) is 19.2 Å². The molecule has 1 aromatic heterocycles. The van der Waals surface area contributed by atoms with Crippen LogP contribution in [-0.2, 0) is 0 Å².